The number of rotatable bonds is 5. The zero-order chi connectivity index (χ0) is 14.7. The maximum Gasteiger partial charge on any atom is 0.203 e. The first-order valence-electron chi connectivity index (χ1n) is 7.09. The van der Waals surface area contributed by atoms with E-state index in [1.54, 1.807) is 0 Å². The van der Waals surface area contributed by atoms with E-state index in [-0.39, 0.29) is 0 Å². The second-order valence-electron chi connectivity index (χ2n) is 5.07. The first-order valence-corrected chi connectivity index (χ1v) is 7.09. The molecule has 21 heavy (non-hydrogen) atoms. The lowest BCUT2D eigenvalue weighted by Gasteiger charge is -2.08. The number of nitrogens with zero attached hydrogens (tertiary/aromatic N) is 2. The summed E-state index contributed by atoms with van der Waals surface area (Å²) in [6.45, 7) is 3.38. The zero-order valence-electron chi connectivity index (χ0n) is 12.3. The van der Waals surface area contributed by atoms with Crippen molar-refractivity contribution in [1.29, 1.82) is 0 Å². The van der Waals surface area contributed by atoms with Gasteiger partial charge in [0, 0.05) is 7.05 Å². The number of aromatic nitrogens is 2. The Kier molecular flexibility index (Phi) is 3.77. The number of para-hydroxylation sites is 2. The van der Waals surface area contributed by atoms with Gasteiger partial charge in [-0.05, 0) is 36.8 Å². The predicted molar refractivity (Wildman–Crippen MR) is 85.9 cm³/mol. The lowest BCUT2D eigenvalue weighted by molar-refractivity contribution is 0.332. The van der Waals surface area contributed by atoms with Crippen molar-refractivity contribution in [2.75, 3.05) is 18.5 Å². The number of hydrogen-bond donors (Lipinski definition) is 1. The average Bonchev–Trinajstić information content (AvgIpc) is 2.81. The summed E-state index contributed by atoms with van der Waals surface area (Å²) in [6, 6.07) is 16.2. The van der Waals surface area contributed by atoms with Crippen LogP contribution in [-0.2, 0) is 7.05 Å². The van der Waals surface area contributed by atoms with Gasteiger partial charge in [0.15, 0.2) is 0 Å². The molecule has 0 saturated carbocycles. The zero-order valence-corrected chi connectivity index (χ0v) is 12.3. The Balaban J connectivity index is 1.58. The Bertz CT molecular complexity index is 749. The fourth-order valence-corrected chi connectivity index (χ4v) is 2.34. The minimum absolute atomic E-state index is 0.604. The second kappa shape index (κ2) is 5.87. The largest absolute Gasteiger partial charge is 0.492 e. The molecule has 3 aromatic rings. The molecule has 1 heterocycles. The van der Waals surface area contributed by atoms with Gasteiger partial charge in [-0.15, -0.1) is 0 Å². The van der Waals surface area contributed by atoms with Crippen LogP contribution < -0.4 is 10.1 Å². The van der Waals surface area contributed by atoms with Crippen LogP contribution in [0.1, 0.15) is 5.56 Å². The minimum atomic E-state index is 0.604. The van der Waals surface area contributed by atoms with Crippen molar-refractivity contribution in [3.8, 4) is 5.75 Å². The van der Waals surface area contributed by atoms with E-state index < -0.39 is 0 Å². The van der Waals surface area contributed by atoms with E-state index >= 15 is 0 Å². The van der Waals surface area contributed by atoms with Crippen LogP contribution in [0.4, 0.5) is 5.95 Å². The lowest BCUT2D eigenvalue weighted by Crippen LogP contribution is -2.14. The molecule has 0 radical (unpaired) electrons. The summed E-state index contributed by atoms with van der Waals surface area (Å²) in [5.74, 6) is 1.77. The van der Waals surface area contributed by atoms with Crippen molar-refractivity contribution in [1.82, 2.24) is 9.55 Å². The number of ether oxygens (including phenoxy) is 1. The van der Waals surface area contributed by atoms with Crippen molar-refractivity contribution < 1.29 is 4.74 Å². The molecule has 2 aromatic carbocycles. The Labute approximate surface area is 124 Å². The molecule has 0 aliphatic rings. The molecule has 0 atom stereocenters. The topological polar surface area (TPSA) is 39.1 Å². The summed E-state index contributed by atoms with van der Waals surface area (Å²) >= 11 is 0. The number of aryl methyl sites for hydroxylation is 2. The van der Waals surface area contributed by atoms with E-state index in [9.17, 15) is 0 Å². The highest BCUT2D eigenvalue weighted by molar-refractivity contribution is 5.78. The first kappa shape index (κ1) is 13.5. The first-order chi connectivity index (χ1) is 10.2. The van der Waals surface area contributed by atoms with Crippen molar-refractivity contribution >= 4 is 17.0 Å². The third-order valence-corrected chi connectivity index (χ3v) is 3.43. The third kappa shape index (κ3) is 2.99. The molecule has 4 heteroatoms. The van der Waals surface area contributed by atoms with Gasteiger partial charge >= 0.3 is 0 Å². The predicted octanol–water partition coefficient (Wildman–Crippen LogP) is 3.37. The Hall–Kier alpha value is -2.49. The quantitative estimate of drug-likeness (QED) is 0.729. The molecule has 0 unspecified atom stereocenters. The van der Waals surface area contributed by atoms with Crippen LogP contribution in [0.2, 0.25) is 0 Å². The second-order valence-corrected chi connectivity index (χ2v) is 5.07. The Morgan fingerprint density at radius 2 is 2.00 bits per heavy atom. The number of benzene rings is 2. The van der Waals surface area contributed by atoms with Crippen LogP contribution in [0.15, 0.2) is 48.5 Å². The SMILES string of the molecule is Cc1cccc(OCCNc2nc3ccccc3n2C)c1. The molecule has 1 N–H and O–H groups in total. The van der Waals surface area contributed by atoms with Crippen LogP contribution >= 0.6 is 0 Å². The maximum absolute atomic E-state index is 5.72. The Morgan fingerprint density at radius 3 is 2.81 bits per heavy atom. The molecule has 0 saturated heterocycles. The molecule has 1 aromatic heterocycles. The molecule has 0 amide bonds. The van der Waals surface area contributed by atoms with Gasteiger partial charge in [0.2, 0.25) is 5.95 Å². The minimum Gasteiger partial charge on any atom is -0.492 e. The summed E-state index contributed by atoms with van der Waals surface area (Å²) in [4.78, 5) is 4.57. The molecular weight excluding hydrogens is 262 g/mol. The van der Waals surface area contributed by atoms with Crippen LogP contribution in [0.3, 0.4) is 0 Å². The fraction of sp³-hybridized carbons (Fsp3) is 0.235. The van der Waals surface area contributed by atoms with Crippen LogP contribution in [0.25, 0.3) is 11.0 Å². The van der Waals surface area contributed by atoms with Crippen molar-refractivity contribution in [3.05, 3.63) is 54.1 Å². The van der Waals surface area contributed by atoms with Gasteiger partial charge in [-0.1, -0.05) is 24.3 Å². The van der Waals surface area contributed by atoms with E-state index in [2.05, 4.69) is 33.9 Å². The van der Waals surface area contributed by atoms with Gasteiger partial charge in [0.25, 0.3) is 0 Å². The van der Waals surface area contributed by atoms with Gasteiger partial charge in [-0.3, -0.25) is 0 Å². The Morgan fingerprint density at radius 1 is 1.14 bits per heavy atom. The highest BCUT2D eigenvalue weighted by Gasteiger charge is 2.05. The summed E-state index contributed by atoms with van der Waals surface area (Å²) in [6.07, 6.45) is 0. The van der Waals surface area contributed by atoms with Gasteiger partial charge < -0.3 is 14.6 Å². The number of fused-ring (bicyclic) bond motifs is 1. The summed E-state index contributed by atoms with van der Waals surface area (Å²) in [5, 5.41) is 3.31. The smallest absolute Gasteiger partial charge is 0.203 e. The number of anilines is 1. The van der Waals surface area contributed by atoms with E-state index in [1.807, 2.05) is 43.4 Å². The molecule has 0 bridgehead atoms. The van der Waals surface area contributed by atoms with Gasteiger partial charge in [-0.2, -0.15) is 0 Å². The van der Waals surface area contributed by atoms with Crippen LogP contribution in [0.5, 0.6) is 5.75 Å². The highest BCUT2D eigenvalue weighted by Crippen LogP contribution is 2.17. The van der Waals surface area contributed by atoms with Gasteiger partial charge in [0.05, 0.1) is 17.6 Å². The molecule has 4 nitrogen and oxygen atoms in total. The lowest BCUT2D eigenvalue weighted by atomic mass is 10.2. The normalized spacial score (nSPS) is 10.8. The maximum atomic E-state index is 5.72. The van der Waals surface area contributed by atoms with E-state index in [0.29, 0.717) is 13.2 Å². The molecular formula is C17H19N3O. The fourth-order valence-electron chi connectivity index (χ4n) is 2.34. The molecule has 0 aliphatic heterocycles. The molecule has 108 valence electrons. The van der Waals surface area contributed by atoms with E-state index in [4.69, 9.17) is 4.74 Å². The van der Waals surface area contributed by atoms with Gasteiger partial charge in [0.1, 0.15) is 12.4 Å². The van der Waals surface area contributed by atoms with E-state index in [1.165, 1.54) is 5.56 Å². The summed E-state index contributed by atoms with van der Waals surface area (Å²) in [5.41, 5.74) is 3.33. The number of hydrogen-bond acceptors (Lipinski definition) is 3. The van der Waals surface area contributed by atoms with Crippen LogP contribution in [0, 0.1) is 6.92 Å². The number of nitrogens with one attached hydrogen (secondary N) is 1. The molecule has 0 aliphatic carbocycles. The standard InChI is InChI=1S/C17H19N3O/c1-13-6-5-7-14(12-13)21-11-10-18-17-19-15-8-3-4-9-16(15)20(17)2/h3-9,12H,10-11H2,1-2H3,(H,18,19). The van der Waals surface area contributed by atoms with Crippen molar-refractivity contribution in [2.24, 2.45) is 7.05 Å². The molecule has 0 spiro atoms. The van der Waals surface area contributed by atoms with Crippen molar-refractivity contribution in [3.63, 3.8) is 0 Å². The summed E-state index contributed by atoms with van der Waals surface area (Å²) in [7, 11) is 2.01. The molecule has 0 fully saturated rings. The average molecular weight is 281 g/mol. The van der Waals surface area contributed by atoms with Gasteiger partial charge in [-0.25, -0.2) is 4.98 Å². The van der Waals surface area contributed by atoms with Crippen molar-refractivity contribution in [2.45, 2.75) is 6.92 Å². The highest BCUT2D eigenvalue weighted by atomic mass is 16.5. The van der Waals surface area contributed by atoms with E-state index in [0.717, 1.165) is 22.7 Å². The third-order valence-electron chi connectivity index (χ3n) is 3.43. The van der Waals surface area contributed by atoms with Crippen LogP contribution in [-0.4, -0.2) is 22.7 Å². The summed E-state index contributed by atoms with van der Waals surface area (Å²) < 4.78 is 7.78. The number of imidazole rings is 1. The monoisotopic (exact) mass is 281 g/mol. The molecule has 3 rings (SSSR count).